The zero-order valence-electron chi connectivity index (χ0n) is 9.79. The van der Waals surface area contributed by atoms with E-state index in [1.807, 2.05) is 0 Å². The highest BCUT2D eigenvalue weighted by Gasteiger charge is 2.51. The normalized spacial score (nSPS) is 39.3. The van der Waals surface area contributed by atoms with Crippen molar-refractivity contribution in [3.05, 3.63) is 24.0 Å². The van der Waals surface area contributed by atoms with Crippen LogP contribution in [0, 0.1) is 11.8 Å². The molecule has 2 aliphatic rings. The molecule has 1 heterocycles. The SMILES string of the molecule is COC(=O)C1=CO[C@@H](C)[C@H]2[C@@H]1C=C[C@@]2(O)CO. The topological polar surface area (TPSA) is 76.0 Å². The van der Waals surface area contributed by atoms with E-state index in [-0.39, 0.29) is 17.9 Å². The summed E-state index contributed by atoms with van der Waals surface area (Å²) in [6.07, 6.45) is 4.36. The van der Waals surface area contributed by atoms with E-state index < -0.39 is 18.2 Å². The molecule has 2 rings (SSSR count). The highest BCUT2D eigenvalue weighted by molar-refractivity contribution is 5.89. The van der Waals surface area contributed by atoms with Gasteiger partial charge in [-0.25, -0.2) is 4.79 Å². The molecule has 0 unspecified atom stereocenters. The van der Waals surface area contributed by atoms with Crippen molar-refractivity contribution in [1.82, 2.24) is 0 Å². The zero-order chi connectivity index (χ0) is 12.6. The van der Waals surface area contributed by atoms with Gasteiger partial charge >= 0.3 is 5.97 Å². The molecule has 0 saturated carbocycles. The first-order chi connectivity index (χ1) is 8.03. The second-order valence-electron chi connectivity index (χ2n) is 4.47. The lowest BCUT2D eigenvalue weighted by Gasteiger charge is -2.38. The fourth-order valence-corrected chi connectivity index (χ4v) is 2.61. The lowest BCUT2D eigenvalue weighted by Crippen LogP contribution is -2.47. The molecule has 1 aliphatic heterocycles. The molecule has 4 atom stereocenters. The number of methoxy groups -OCH3 is 1. The van der Waals surface area contributed by atoms with Crippen LogP contribution >= 0.6 is 0 Å². The van der Waals surface area contributed by atoms with Crippen LogP contribution in [0.3, 0.4) is 0 Å². The molecule has 5 nitrogen and oxygen atoms in total. The number of ether oxygens (including phenoxy) is 2. The molecule has 0 bridgehead atoms. The highest BCUT2D eigenvalue weighted by Crippen LogP contribution is 2.44. The number of hydrogen-bond acceptors (Lipinski definition) is 5. The van der Waals surface area contributed by atoms with Gasteiger partial charge in [-0.1, -0.05) is 12.2 Å². The molecule has 5 heteroatoms. The van der Waals surface area contributed by atoms with Gasteiger partial charge in [0.1, 0.15) is 11.7 Å². The average molecular weight is 240 g/mol. The summed E-state index contributed by atoms with van der Waals surface area (Å²) >= 11 is 0. The lowest BCUT2D eigenvalue weighted by molar-refractivity contribution is -0.139. The monoisotopic (exact) mass is 240 g/mol. The number of fused-ring (bicyclic) bond motifs is 1. The van der Waals surface area contributed by atoms with Gasteiger partial charge in [0.15, 0.2) is 0 Å². The van der Waals surface area contributed by atoms with Gasteiger partial charge in [-0.3, -0.25) is 0 Å². The molecule has 0 spiro atoms. The first-order valence-corrected chi connectivity index (χ1v) is 5.50. The summed E-state index contributed by atoms with van der Waals surface area (Å²) in [7, 11) is 1.30. The first-order valence-electron chi connectivity index (χ1n) is 5.50. The summed E-state index contributed by atoms with van der Waals surface area (Å²) in [5, 5.41) is 19.5. The highest BCUT2D eigenvalue weighted by atomic mass is 16.5. The number of carbonyl (C=O) groups is 1. The van der Waals surface area contributed by atoms with Crippen molar-refractivity contribution in [2.75, 3.05) is 13.7 Å². The molecule has 0 amide bonds. The Labute approximate surface area is 99.3 Å². The predicted molar refractivity (Wildman–Crippen MR) is 58.8 cm³/mol. The van der Waals surface area contributed by atoms with Crippen molar-refractivity contribution in [1.29, 1.82) is 0 Å². The maximum Gasteiger partial charge on any atom is 0.337 e. The standard InChI is InChI=1S/C12H16O5/c1-7-10-8(3-4-12(10,15)6-13)9(5-17-7)11(14)16-2/h3-5,7-8,10,13,15H,6H2,1-2H3/t7-,8+,10-,12+/m0/s1. The molecule has 17 heavy (non-hydrogen) atoms. The molecule has 0 aromatic heterocycles. The van der Waals surface area contributed by atoms with Crippen molar-refractivity contribution >= 4 is 5.97 Å². The molecule has 0 aromatic rings. The van der Waals surface area contributed by atoms with Gasteiger partial charge in [0.2, 0.25) is 0 Å². The summed E-state index contributed by atoms with van der Waals surface area (Å²) in [4.78, 5) is 11.6. The number of aliphatic hydroxyl groups excluding tert-OH is 1. The Morgan fingerprint density at radius 2 is 2.35 bits per heavy atom. The van der Waals surface area contributed by atoms with E-state index in [2.05, 4.69) is 4.74 Å². The zero-order valence-corrected chi connectivity index (χ0v) is 9.79. The quantitative estimate of drug-likeness (QED) is 0.524. The van der Waals surface area contributed by atoms with Crippen LogP contribution in [0.4, 0.5) is 0 Å². The Bertz CT molecular complexity index is 386. The Morgan fingerprint density at radius 1 is 1.65 bits per heavy atom. The number of carbonyl (C=O) groups excluding carboxylic acids is 1. The van der Waals surface area contributed by atoms with Crippen LogP contribution < -0.4 is 0 Å². The van der Waals surface area contributed by atoms with E-state index in [1.165, 1.54) is 19.4 Å². The molecule has 0 saturated heterocycles. The summed E-state index contributed by atoms with van der Waals surface area (Å²) in [5.74, 6) is -1.12. The van der Waals surface area contributed by atoms with E-state index in [4.69, 9.17) is 4.74 Å². The Hall–Kier alpha value is -1.33. The molecular weight excluding hydrogens is 224 g/mol. The molecule has 1 aliphatic carbocycles. The minimum Gasteiger partial charge on any atom is -0.497 e. The maximum atomic E-state index is 11.6. The van der Waals surface area contributed by atoms with Gasteiger partial charge in [0.25, 0.3) is 0 Å². The number of hydrogen-bond donors (Lipinski definition) is 2. The summed E-state index contributed by atoms with van der Waals surface area (Å²) in [5.41, 5.74) is -0.964. The van der Waals surface area contributed by atoms with Crippen LogP contribution in [0.15, 0.2) is 24.0 Å². The third-order valence-electron chi connectivity index (χ3n) is 3.51. The maximum absolute atomic E-state index is 11.6. The van der Waals surface area contributed by atoms with Gasteiger partial charge in [-0.2, -0.15) is 0 Å². The summed E-state index contributed by atoms with van der Waals surface area (Å²) < 4.78 is 10.0. The largest absolute Gasteiger partial charge is 0.497 e. The van der Waals surface area contributed by atoms with Crippen molar-refractivity contribution in [2.24, 2.45) is 11.8 Å². The Morgan fingerprint density at radius 3 is 2.94 bits per heavy atom. The number of rotatable bonds is 2. The third-order valence-corrected chi connectivity index (χ3v) is 3.51. The Balaban J connectivity index is 2.34. The molecule has 2 N–H and O–H groups in total. The van der Waals surface area contributed by atoms with E-state index >= 15 is 0 Å². The molecular formula is C12H16O5. The van der Waals surface area contributed by atoms with Gasteiger partial charge < -0.3 is 19.7 Å². The van der Waals surface area contributed by atoms with Gasteiger partial charge in [-0.05, 0) is 6.92 Å². The van der Waals surface area contributed by atoms with E-state index in [9.17, 15) is 15.0 Å². The molecule has 0 fully saturated rings. The van der Waals surface area contributed by atoms with E-state index in [0.29, 0.717) is 5.57 Å². The van der Waals surface area contributed by atoms with Crippen LogP contribution in [0.2, 0.25) is 0 Å². The summed E-state index contributed by atoms with van der Waals surface area (Å²) in [6, 6.07) is 0. The van der Waals surface area contributed by atoms with Crippen LogP contribution in [0.1, 0.15) is 6.92 Å². The summed E-state index contributed by atoms with van der Waals surface area (Å²) in [6.45, 7) is 1.41. The van der Waals surface area contributed by atoms with Crippen molar-refractivity contribution in [2.45, 2.75) is 18.6 Å². The molecule has 0 radical (unpaired) electrons. The van der Waals surface area contributed by atoms with Crippen LogP contribution in [-0.4, -0.2) is 41.6 Å². The predicted octanol–water partition coefficient (Wildman–Crippen LogP) is -0.0124. The van der Waals surface area contributed by atoms with Crippen LogP contribution in [0.25, 0.3) is 0 Å². The minimum atomic E-state index is -1.34. The van der Waals surface area contributed by atoms with E-state index in [1.54, 1.807) is 13.0 Å². The second-order valence-corrected chi connectivity index (χ2v) is 4.47. The van der Waals surface area contributed by atoms with Crippen LogP contribution in [0.5, 0.6) is 0 Å². The number of allylic oxidation sites excluding steroid dienone is 1. The van der Waals surface area contributed by atoms with Crippen molar-refractivity contribution in [3.63, 3.8) is 0 Å². The fourth-order valence-electron chi connectivity index (χ4n) is 2.61. The second kappa shape index (κ2) is 4.16. The molecule has 0 aromatic carbocycles. The van der Waals surface area contributed by atoms with Crippen molar-refractivity contribution < 1.29 is 24.5 Å². The first kappa shape index (κ1) is 12.1. The minimum absolute atomic E-state index is 0.275. The fraction of sp³-hybridized carbons (Fsp3) is 0.583. The Kier molecular flexibility index (Phi) is 2.97. The van der Waals surface area contributed by atoms with Gasteiger partial charge in [0.05, 0.1) is 25.6 Å². The van der Waals surface area contributed by atoms with Crippen molar-refractivity contribution in [3.8, 4) is 0 Å². The van der Waals surface area contributed by atoms with Crippen LogP contribution in [-0.2, 0) is 14.3 Å². The lowest BCUT2D eigenvalue weighted by atomic mass is 9.77. The number of esters is 1. The smallest absolute Gasteiger partial charge is 0.337 e. The van der Waals surface area contributed by atoms with E-state index in [0.717, 1.165) is 0 Å². The molecule has 94 valence electrons. The van der Waals surface area contributed by atoms with Gasteiger partial charge in [0, 0.05) is 11.8 Å². The number of aliphatic hydroxyl groups is 2. The third kappa shape index (κ3) is 1.75. The average Bonchev–Trinajstić information content (AvgIpc) is 2.69. The van der Waals surface area contributed by atoms with Gasteiger partial charge in [-0.15, -0.1) is 0 Å².